The Hall–Kier alpha value is -2.27. The number of aromatic nitrogens is 2. The van der Waals surface area contributed by atoms with Gasteiger partial charge in [0.25, 0.3) is 0 Å². The molecule has 0 aliphatic heterocycles. The van der Waals surface area contributed by atoms with Crippen LogP contribution in [0.1, 0.15) is 23.9 Å². The third-order valence-electron chi connectivity index (χ3n) is 3.49. The SMILES string of the molecule is [CH2]c1ccc(-c2ccccc2Cc2nc(=O)o[nH]2)c(SCC)c1. The van der Waals surface area contributed by atoms with Crippen LogP contribution in [-0.4, -0.2) is 15.9 Å². The second-order valence-electron chi connectivity index (χ2n) is 5.13. The highest BCUT2D eigenvalue weighted by atomic mass is 32.2. The molecule has 0 saturated carbocycles. The van der Waals surface area contributed by atoms with E-state index in [1.54, 1.807) is 11.8 Å². The monoisotopic (exact) mass is 325 g/mol. The van der Waals surface area contributed by atoms with Gasteiger partial charge < -0.3 is 4.52 Å². The van der Waals surface area contributed by atoms with Gasteiger partial charge >= 0.3 is 5.76 Å². The van der Waals surface area contributed by atoms with Gasteiger partial charge in [0.2, 0.25) is 0 Å². The van der Waals surface area contributed by atoms with Crippen LogP contribution in [-0.2, 0) is 6.42 Å². The van der Waals surface area contributed by atoms with Gasteiger partial charge in [0.1, 0.15) is 5.82 Å². The van der Waals surface area contributed by atoms with Crippen LogP contribution in [0.2, 0.25) is 0 Å². The predicted octanol–water partition coefficient (Wildman–Crippen LogP) is 3.91. The van der Waals surface area contributed by atoms with E-state index in [1.807, 2.05) is 24.3 Å². The summed E-state index contributed by atoms with van der Waals surface area (Å²) in [5.41, 5.74) is 4.40. The molecule has 0 atom stereocenters. The topological polar surface area (TPSA) is 58.9 Å². The van der Waals surface area contributed by atoms with E-state index < -0.39 is 5.76 Å². The molecule has 0 spiro atoms. The summed E-state index contributed by atoms with van der Waals surface area (Å²) in [6, 6.07) is 14.4. The lowest BCUT2D eigenvalue weighted by molar-refractivity contribution is 0.382. The summed E-state index contributed by atoms with van der Waals surface area (Å²) in [6.45, 7) is 6.15. The molecule has 1 N–H and O–H groups in total. The molecule has 0 bridgehead atoms. The van der Waals surface area contributed by atoms with Crippen LogP contribution in [0, 0.1) is 6.92 Å². The van der Waals surface area contributed by atoms with Gasteiger partial charge in [-0.2, -0.15) is 4.98 Å². The summed E-state index contributed by atoms with van der Waals surface area (Å²) in [6.07, 6.45) is 0.518. The fourth-order valence-electron chi connectivity index (χ4n) is 2.52. The molecule has 1 aromatic heterocycles. The Morgan fingerprint density at radius 3 is 2.78 bits per heavy atom. The van der Waals surface area contributed by atoms with Gasteiger partial charge in [0.15, 0.2) is 0 Å². The zero-order valence-corrected chi connectivity index (χ0v) is 13.7. The molecule has 0 unspecified atom stereocenters. The van der Waals surface area contributed by atoms with E-state index in [2.05, 4.69) is 46.7 Å². The summed E-state index contributed by atoms with van der Waals surface area (Å²) in [5, 5.41) is 2.57. The first-order valence-electron chi connectivity index (χ1n) is 7.39. The summed E-state index contributed by atoms with van der Waals surface area (Å²) in [4.78, 5) is 16.1. The highest BCUT2D eigenvalue weighted by Crippen LogP contribution is 2.34. The molecule has 3 rings (SSSR count). The minimum Gasteiger partial charge on any atom is -0.321 e. The smallest absolute Gasteiger partial charge is 0.321 e. The highest BCUT2D eigenvalue weighted by Gasteiger charge is 2.12. The first-order chi connectivity index (χ1) is 11.2. The Morgan fingerprint density at radius 2 is 2.04 bits per heavy atom. The Bertz CT molecular complexity index is 867. The number of rotatable bonds is 5. The molecule has 0 fully saturated rings. The van der Waals surface area contributed by atoms with Crippen molar-refractivity contribution in [3.05, 3.63) is 76.9 Å². The average molecular weight is 325 g/mol. The molecule has 5 heteroatoms. The Balaban J connectivity index is 2.05. The molecule has 1 radical (unpaired) electrons. The van der Waals surface area contributed by atoms with Crippen molar-refractivity contribution in [2.75, 3.05) is 5.75 Å². The maximum absolute atomic E-state index is 11.1. The quantitative estimate of drug-likeness (QED) is 0.722. The number of hydrogen-bond donors (Lipinski definition) is 1. The van der Waals surface area contributed by atoms with E-state index in [4.69, 9.17) is 0 Å². The fourth-order valence-corrected chi connectivity index (χ4v) is 3.40. The lowest BCUT2D eigenvalue weighted by Crippen LogP contribution is -1.99. The summed E-state index contributed by atoms with van der Waals surface area (Å²) >= 11 is 1.80. The van der Waals surface area contributed by atoms with Crippen molar-refractivity contribution in [1.82, 2.24) is 10.1 Å². The number of nitrogens with zero attached hydrogens (tertiary/aromatic N) is 1. The van der Waals surface area contributed by atoms with Gasteiger partial charge in [-0.25, -0.2) is 9.95 Å². The van der Waals surface area contributed by atoms with Crippen molar-refractivity contribution < 1.29 is 4.52 Å². The average Bonchev–Trinajstić information content (AvgIpc) is 2.94. The fraction of sp³-hybridized carbons (Fsp3) is 0.167. The molecule has 117 valence electrons. The lowest BCUT2D eigenvalue weighted by atomic mass is 9.97. The largest absolute Gasteiger partial charge is 0.459 e. The zero-order valence-electron chi connectivity index (χ0n) is 12.8. The van der Waals surface area contributed by atoms with Crippen molar-refractivity contribution in [3.63, 3.8) is 0 Å². The van der Waals surface area contributed by atoms with Gasteiger partial charge in [-0.3, -0.25) is 0 Å². The van der Waals surface area contributed by atoms with Gasteiger partial charge in [-0.05, 0) is 41.0 Å². The number of hydrogen-bond acceptors (Lipinski definition) is 4. The second kappa shape index (κ2) is 6.87. The van der Waals surface area contributed by atoms with Crippen molar-refractivity contribution in [2.45, 2.75) is 18.2 Å². The second-order valence-corrected chi connectivity index (χ2v) is 6.43. The molecule has 0 aliphatic carbocycles. The molecule has 23 heavy (non-hydrogen) atoms. The molecule has 4 nitrogen and oxygen atoms in total. The Kier molecular flexibility index (Phi) is 4.67. The molecule has 0 saturated heterocycles. The van der Waals surface area contributed by atoms with Gasteiger partial charge in [-0.15, -0.1) is 11.8 Å². The van der Waals surface area contributed by atoms with Crippen LogP contribution in [0.15, 0.2) is 56.7 Å². The maximum Gasteiger partial charge on any atom is 0.459 e. The number of aromatic amines is 1. The van der Waals surface area contributed by atoms with E-state index in [0.717, 1.165) is 22.4 Å². The van der Waals surface area contributed by atoms with E-state index in [-0.39, 0.29) is 0 Å². The van der Waals surface area contributed by atoms with Crippen molar-refractivity contribution in [1.29, 1.82) is 0 Å². The van der Waals surface area contributed by atoms with Crippen molar-refractivity contribution in [3.8, 4) is 11.1 Å². The Labute approximate surface area is 138 Å². The molecule has 0 amide bonds. The summed E-state index contributed by atoms with van der Waals surface area (Å²) in [5.74, 6) is 0.928. The third-order valence-corrected chi connectivity index (χ3v) is 4.43. The number of nitrogens with one attached hydrogen (secondary N) is 1. The normalized spacial score (nSPS) is 10.9. The molecule has 0 aliphatic rings. The van der Waals surface area contributed by atoms with E-state index >= 15 is 0 Å². The van der Waals surface area contributed by atoms with Gasteiger partial charge in [0, 0.05) is 11.3 Å². The van der Waals surface area contributed by atoms with E-state index in [9.17, 15) is 4.79 Å². The molecule has 3 aromatic rings. The van der Waals surface area contributed by atoms with Crippen LogP contribution in [0.4, 0.5) is 0 Å². The van der Waals surface area contributed by atoms with Gasteiger partial charge in [0.05, 0.1) is 0 Å². The summed E-state index contributed by atoms with van der Waals surface area (Å²) in [7, 11) is 0. The van der Waals surface area contributed by atoms with Crippen LogP contribution in [0.25, 0.3) is 11.1 Å². The lowest BCUT2D eigenvalue weighted by Gasteiger charge is -2.13. The predicted molar refractivity (Wildman–Crippen MR) is 92.7 cm³/mol. The minimum atomic E-state index is -0.596. The first kappa shape index (κ1) is 15.6. The molecule has 2 aromatic carbocycles. The van der Waals surface area contributed by atoms with E-state index in [0.29, 0.717) is 12.2 Å². The van der Waals surface area contributed by atoms with Crippen LogP contribution in [0.5, 0.6) is 0 Å². The van der Waals surface area contributed by atoms with Crippen molar-refractivity contribution in [2.24, 2.45) is 0 Å². The number of H-pyrrole nitrogens is 1. The highest BCUT2D eigenvalue weighted by molar-refractivity contribution is 7.99. The number of benzene rings is 2. The maximum atomic E-state index is 11.1. The number of thioether (sulfide) groups is 1. The molecule has 1 heterocycles. The van der Waals surface area contributed by atoms with E-state index in [1.165, 1.54) is 10.5 Å². The summed E-state index contributed by atoms with van der Waals surface area (Å²) < 4.78 is 4.66. The van der Waals surface area contributed by atoms with Crippen molar-refractivity contribution >= 4 is 11.8 Å². The van der Waals surface area contributed by atoms with Crippen LogP contribution in [0.3, 0.4) is 0 Å². The van der Waals surface area contributed by atoms with Crippen LogP contribution >= 0.6 is 11.8 Å². The zero-order chi connectivity index (χ0) is 16.2. The first-order valence-corrected chi connectivity index (χ1v) is 8.37. The standard InChI is InChI=1S/C18H17N2O2S/c1-3-23-16-10-12(2)8-9-15(16)14-7-5-4-6-13(14)11-17-19-18(21)22-20-17/h4-10H,2-3,11H2,1H3,(H,19,20,21). The third kappa shape index (κ3) is 3.56. The Morgan fingerprint density at radius 1 is 1.22 bits per heavy atom. The van der Waals surface area contributed by atoms with Crippen LogP contribution < -0.4 is 5.76 Å². The van der Waals surface area contributed by atoms with Gasteiger partial charge in [-0.1, -0.05) is 43.3 Å². The minimum absolute atomic E-state index is 0.518. The molecular formula is C18H17N2O2S. The molecular weight excluding hydrogens is 308 g/mol.